The van der Waals surface area contributed by atoms with Crippen LogP contribution >= 0.6 is 0 Å². The highest BCUT2D eigenvalue weighted by atomic mass is 19.1. The molecular formula is C18H17FN2O4. The Kier molecular flexibility index (Phi) is 6.22. The van der Waals surface area contributed by atoms with E-state index in [0.29, 0.717) is 11.3 Å². The predicted molar refractivity (Wildman–Crippen MR) is 89.4 cm³/mol. The van der Waals surface area contributed by atoms with Crippen LogP contribution in [-0.2, 0) is 14.3 Å². The van der Waals surface area contributed by atoms with Crippen LogP contribution in [0.2, 0.25) is 0 Å². The third kappa shape index (κ3) is 5.72. The van der Waals surface area contributed by atoms with Crippen LogP contribution in [0.4, 0.5) is 10.1 Å². The molecule has 2 rings (SSSR count). The highest BCUT2D eigenvalue weighted by Gasteiger charge is 2.18. The minimum atomic E-state index is -1.06. The van der Waals surface area contributed by atoms with Crippen LogP contribution in [0.25, 0.3) is 0 Å². The van der Waals surface area contributed by atoms with Crippen molar-refractivity contribution in [3.8, 4) is 0 Å². The Morgan fingerprint density at radius 3 is 2.32 bits per heavy atom. The summed E-state index contributed by atoms with van der Waals surface area (Å²) in [7, 11) is 0. The Hall–Kier alpha value is -3.22. The molecule has 0 spiro atoms. The number of esters is 1. The number of hydrogen-bond acceptors (Lipinski definition) is 4. The van der Waals surface area contributed by atoms with E-state index in [1.807, 2.05) is 0 Å². The van der Waals surface area contributed by atoms with Gasteiger partial charge in [0.25, 0.3) is 11.8 Å². The molecule has 2 aromatic rings. The third-order valence-corrected chi connectivity index (χ3v) is 3.22. The number of nitrogens with one attached hydrogen (secondary N) is 2. The Bertz CT molecular complexity index is 747. The quantitative estimate of drug-likeness (QED) is 0.786. The number of amides is 2. The zero-order valence-corrected chi connectivity index (χ0v) is 13.5. The number of benzene rings is 2. The largest absolute Gasteiger partial charge is 0.451 e. The van der Waals surface area contributed by atoms with Crippen LogP contribution < -0.4 is 10.6 Å². The third-order valence-electron chi connectivity index (χ3n) is 3.22. The fourth-order valence-corrected chi connectivity index (χ4v) is 1.91. The Labute approximate surface area is 144 Å². The average Bonchev–Trinajstić information content (AvgIpc) is 2.62. The lowest BCUT2D eigenvalue weighted by Crippen LogP contribution is -2.35. The lowest BCUT2D eigenvalue weighted by Gasteiger charge is -2.14. The van der Waals surface area contributed by atoms with Gasteiger partial charge in [-0.25, -0.2) is 4.39 Å². The molecule has 0 aliphatic rings. The van der Waals surface area contributed by atoms with Gasteiger partial charge in [-0.05, 0) is 43.3 Å². The van der Waals surface area contributed by atoms with Crippen molar-refractivity contribution in [1.29, 1.82) is 0 Å². The number of halogens is 1. The van der Waals surface area contributed by atoms with Gasteiger partial charge in [-0.1, -0.05) is 18.2 Å². The molecule has 2 amide bonds. The second-order valence-electron chi connectivity index (χ2n) is 5.18. The Balaban J connectivity index is 1.78. The summed E-state index contributed by atoms with van der Waals surface area (Å²) < 4.78 is 17.8. The zero-order valence-electron chi connectivity index (χ0n) is 13.5. The molecule has 1 atom stereocenters. The number of ether oxygens (including phenoxy) is 1. The van der Waals surface area contributed by atoms with Crippen molar-refractivity contribution in [3.63, 3.8) is 0 Å². The van der Waals surface area contributed by atoms with Gasteiger partial charge in [0.15, 0.2) is 6.10 Å². The number of carbonyl (C=O) groups excluding carboxylic acids is 3. The maximum atomic E-state index is 12.8. The number of carbonyl (C=O) groups is 3. The van der Waals surface area contributed by atoms with Crippen molar-refractivity contribution in [1.82, 2.24) is 5.32 Å². The molecule has 1 unspecified atom stereocenters. The smallest absolute Gasteiger partial charge is 0.326 e. The van der Waals surface area contributed by atoms with E-state index in [9.17, 15) is 18.8 Å². The van der Waals surface area contributed by atoms with Crippen molar-refractivity contribution in [2.45, 2.75) is 13.0 Å². The van der Waals surface area contributed by atoms with Gasteiger partial charge in [-0.3, -0.25) is 14.4 Å². The predicted octanol–water partition coefficient (Wildman–Crippen LogP) is 2.13. The molecule has 130 valence electrons. The second kappa shape index (κ2) is 8.58. The van der Waals surface area contributed by atoms with Crippen LogP contribution in [0.1, 0.15) is 17.3 Å². The van der Waals surface area contributed by atoms with Crippen LogP contribution in [-0.4, -0.2) is 30.4 Å². The number of anilines is 1. The molecule has 6 nitrogen and oxygen atoms in total. The van der Waals surface area contributed by atoms with Gasteiger partial charge in [-0.2, -0.15) is 0 Å². The summed E-state index contributed by atoms with van der Waals surface area (Å²) in [5.41, 5.74) is 0.795. The first-order valence-electron chi connectivity index (χ1n) is 7.55. The summed E-state index contributed by atoms with van der Waals surface area (Å²) >= 11 is 0. The highest BCUT2D eigenvalue weighted by Crippen LogP contribution is 2.09. The number of hydrogen-bond donors (Lipinski definition) is 2. The Morgan fingerprint density at radius 1 is 1.04 bits per heavy atom. The van der Waals surface area contributed by atoms with Crippen molar-refractivity contribution in [2.24, 2.45) is 0 Å². The monoisotopic (exact) mass is 344 g/mol. The summed E-state index contributed by atoms with van der Waals surface area (Å²) in [6.45, 7) is 1.04. The minimum absolute atomic E-state index is 0.359. The van der Waals surface area contributed by atoms with E-state index in [0.717, 1.165) is 0 Å². The molecular weight excluding hydrogens is 327 g/mol. The maximum Gasteiger partial charge on any atom is 0.326 e. The zero-order chi connectivity index (χ0) is 18.2. The average molecular weight is 344 g/mol. The normalized spacial score (nSPS) is 11.3. The number of rotatable bonds is 6. The fourth-order valence-electron chi connectivity index (χ4n) is 1.91. The topological polar surface area (TPSA) is 84.5 Å². The van der Waals surface area contributed by atoms with Crippen LogP contribution in [0, 0.1) is 5.82 Å². The summed E-state index contributed by atoms with van der Waals surface area (Å²) in [5.74, 6) is -2.15. The van der Waals surface area contributed by atoms with E-state index < -0.39 is 29.7 Å². The molecule has 0 aliphatic carbocycles. The fraction of sp³-hybridized carbons (Fsp3) is 0.167. The van der Waals surface area contributed by atoms with Crippen molar-refractivity contribution in [2.75, 3.05) is 11.9 Å². The van der Waals surface area contributed by atoms with Crippen LogP contribution in [0.15, 0.2) is 54.6 Å². The van der Waals surface area contributed by atoms with Crippen molar-refractivity contribution >= 4 is 23.5 Å². The van der Waals surface area contributed by atoms with E-state index in [1.165, 1.54) is 31.2 Å². The second-order valence-corrected chi connectivity index (χ2v) is 5.18. The van der Waals surface area contributed by atoms with Gasteiger partial charge in [0.2, 0.25) is 0 Å². The van der Waals surface area contributed by atoms with Crippen LogP contribution in [0.3, 0.4) is 0 Å². The van der Waals surface area contributed by atoms with Gasteiger partial charge in [0.1, 0.15) is 12.4 Å². The molecule has 0 radical (unpaired) electrons. The SMILES string of the molecule is CC(OC(=O)CNC(=O)c1ccccc1)C(=O)Nc1ccc(F)cc1. The van der Waals surface area contributed by atoms with Gasteiger partial charge >= 0.3 is 5.97 Å². The molecule has 7 heteroatoms. The molecule has 0 fully saturated rings. The van der Waals surface area contributed by atoms with Crippen LogP contribution in [0.5, 0.6) is 0 Å². The first kappa shape index (κ1) is 18.1. The lowest BCUT2D eigenvalue weighted by atomic mass is 10.2. The molecule has 0 bridgehead atoms. The minimum Gasteiger partial charge on any atom is -0.451 e. The first-order chi connectivity index (χ1) is 12.0. The summed E-state index contributed by atoms with van der Waals surface area (Å²) in [6.07, 6.45) is -1.06. The summed E-state index contributed by atoms with van der Waals surface area (Å²) in [6, 6.07) is 13.6. The molecule has 0 aliphatic heterocycles. The highest BCUT2D eigenvalue weighted by molar-refractivity contribution is 5.97. The van der Waals surface area contributed by atoms with Gasteiger partial charge in [0, 0.05) is 11.3 Å². The summed E-state index contributed by atoms with van der Waals surface area (Å²) in [5, 5.41) is 4.91. The molecule has 2 aromatic carbocycles. The van der Waals surface area contributed by atoms with Gasteiger partial charge < -0.3 is 15.4 Å². The van der Waals surface area contributed by atoms with Crippen molar-refractivity contribution in [3.05, 3.63) is 66.0 Å². The summed E-state index contributed by atoms with van der Waals surface area (Å²) in [4.78, 5) is 35.5. The maximum absolute atomic E-state index is 12.8. The van der Waals surface area contributed by atoms with Crippen molar-refractivity contribution < 1.29 is 23.5 Å². The Morgan fingerprint density at radius 2 is 1.68 bits per heavy atom. The molecule has 2 N–H and O–H groups in total. The molecule has 0 heterocycles. The van der Waals surface area contributed by atoms with E-state index in [-0.39, 0.29) is 6.54 Å². The molecule has 0 saturated heterocycles. The first-order valence-corrected chi connectivity index (χ1v) is 7.55. The molecule has 0 saturated carbocycles. The van der Waals surface area contributed by atoms with Gasteiger partial charge in [0.05, 0.1) is 0 Å². The van der Waals surface area contributed by atoms with E-state index in [2.05, 4.69) is 10.6 Å². The molecule has 0 aromatic heterocycles. The van der Waals surface area contributed by atoms with E-state index in [4.69, 9.17) is 4.74 Å². The lowest BCUT2D eigenvalue weighted by molar-refractivity contribution is -0.152. The standard InChI is InChI=1S/C18H17FN2O4/c1-12(17(23)21-15-9-7-14(19)8-10-15)25-16(22)11-20-18(24)13-5-3-2-4-6-13/h2-10,12H,11H2,1H3,(H,20,24)(H,21,23). The van der Waals surface area contributed by atoms with Gasteiger partial charge in [-0.15, -0.1) is 0 Å². The molecule has 25 heavy (non-hydrogen) atoms. The van der Waals surface area contributed by atoms with E-state index >= 15 is 0 Å². The van der Waals surface area contributed by atoms with E-state index in [1.54, 1.807) is 30.3 Å².